The summed E-state index contributed by atoms with van der Waals surface area (Å²) in [5.74, 6) is 0.533. The topological polar surface area (TPSA) is 59.0 Å². The average Bonchev–Trinajstić information content (AvgIpc) is 3.33. The second-order valence-electron chi connectivity index (χ2n) is 10.2. The minimum atomic E-state index is -0.810. The number of carboxylic acid groups (broad SMARTS) is 1. The number of rotatable bonds is 8. The molecule has 5 heteroatoms. The summed E-state index contributed by atoms with van der Waals surface area (Å²) in [7, 11) is 0. The Morgan fingerprint density at radius 3 is 2.61 bits per heavy atom. The lowest BCUT2D eigenvalue weighted by Gasteiger charge is -2.29. The number of fused-ring (bicyclic) bond motifs is 2. The van der Waals surface area contributed by atoms with E-state index in [0.29, 0.717) is 13.2 Å². The number of carboxylic acids is 1. The van der Waals surface area contributed by atoms with E-state index in [1.807, 2.05) is 18.2 Å². The predicted octanol–water partition coefficient (Wildman–Crippen LogP) is 6.44. The number of aliphatic carboxylic acids is 1. The van der Waals surface area contributed by atoms with Gasteiger partial charge in [0, 0.05) is 37.2 Å². The van der Waals surface area contributed by atoms with Crippen LogP contribution >= 0.6 is 0 Å². The Kier molecular flexibility index (Phi) is 6.84. The quantitative estimate of drug-likeness (QED) is 0.299. The minimum absolute atomic E-state index is 0.0780. The average molecular weight is 506 g/mol. The molecule has 6 rings (SSSR count). The molecule has 0 amide bonds. The molecule has 0 aromatic heterocycles. The maximum absolute atomic E-state index is 11.1. The zero-order valence-corrected chi connectivity index (χ0v) is 21.3. The van der Waals surface area contributed by atoms with Gasteiger partial charge in [-0.25, -0.2) is 0 Å². The van der Waals surface area contributed by atoms with Crippen LogP contribution in [-0.2, 0) is 30.9 Å². The SMILES string of the molecule is O=C(O)C[C@@H]1COc2cc(OCc3cccc(-c4ccc5c(c4)CCN(Cc4ccccc4)C5)c3)ccc21. The van der Waals surface area contributed by atoms with E-state index in [9.17, 15) is 4.79 Å². The zero-order valence-electron chi connectivity index (χ0n) is 21.3. The van der Waals surface area contributed by atoms with Gasteiger partial charge in [0.25, 0.3) is 0 Å². The largest absolute Gasteiger partial charge is 0.492 e. The van der Waals surface area contributed by atoms with Crippen molar-refractivity contribution in [2.24, 2.45) is 0 Å². The molecule has 0 fully saturated rings. The van der Waals surface area contributed by atoms with Gasteiger partial charge >= 0.3 is 5.97 Å². The van der Waals surface area contributed by atoms with Crippen LogP contribution in [-0.4, -0.2) is 29.1 Å². The van der Waals surface area contributed by atoms with Gasteiger partial charge in [-0.1, -0.05) is 72.8 Å². The van der Waals surface area contributed by atoms with Crippen molar-refractivity contribution in [1.29, 1.82) is 0 Å². The van der Waals surface area contributed by atoms with Gasteiger partial charge in [0.15, 0.2) is 0 Å². The molecule has 0 aliphatic carbocycles. The Bertz CT molecular complexity index is 1450. The van der Waals surface area contributed by atoms with Crippen molar-refractivity contribution in [3.8, 4) is 22.6 Å². The highest BCUT2D eigenvalue weighted by Crippen LogP contribution is 2.38. The molecular weight excluding hydrogens is 474 g/mol. The Hall–Kier alpha value is -4.09. The lowest BCUT2D eigenvalue weighted by atomic mass is 9.94. The Morgan fingerprint density at radius 2 is 1.74 bits per heavy atom. The number of carbonyl (C=O) groups is 1. The van der Waals surface area contributed by atoms with Gasteiger partial charge in [-0.15, -0.1) is 0 Å². The van der Waals surface area contributed by atoms with Gasteiger partial charge in [-0.05, 0) is 51.9 Å². The summed E-state index contributed by atoms with van der Waals surface area (Å²) >= 11 is 0. The first kappa shape index (κ1) is 24.3. The highest BCUT2D eigenvalue weighted by Gasteiger charge is 2.26. The van der Waals surface area contributed by atoms with Crippen molar-refractivity contribution in [2.45, 2.75) is 38.5 Å². The van der Waals surface area contributed by atoms with E-state index in [0.717, 1.165) is 48.7 Å². The second-order valence-corrected chi connectivity index (χ2v) is 10.2. The van der Waals surface area contributed by atoms with Crippen LogP contribution < -0.4 is 9.47 Å². The van der Waals surface area contributed by atoms with Gasteiger partial charge in [0.2, 0.25) is 0 Å². The summed E-state index contributed by atoms with van der Waals surface area (Å²) in [6.07, 6.45) is 1.14. The maximum atomic E-state index is 11.1. The van der Waals surface area contributed by atoms with E-state index in [1.165, 1.54) is 27.8 Å². The number of hydrogen-bond acceptors (Lipinski definition) is 4. The second kappa shape index (κ2) is 10.7. The summed E-state index contributed by atoms with van der Waals surface area (Å²) in [6, 6.07) is 31.8. The number of ether oxygens (including phenoxy) is 2. The predicted molar refractivity (Wildman–Crippen MR) is 147 cm³/mol. The van der Waals surface area contributed by atoms with Gasteiger partial charge < -0.3 is 14.6 Å². The highest BCUT2D eigenvalue weighted by atomic mass is 16.5. The molecule has 0 radical (unpaired) electrons. The van der Waals surface area contributed by atoms with Crippen LogP contribution in [0.1, 0.15) is 40.2 Å². The normalized spacial score (nSPS) is 16.4. The van der Waals surface area contributed by atoms with Crippen molar-refractivity contribution < 1.29 is 19.4 Å². The fraction of sp³-hybridized carbons (Fsp3) is 0.242. The molecule has 0 saturated carbocycles. The molecule has 2 aliphatic heterocycles. The third-order valence-electron chi connectivity index (χ3n) is 7.50. The lowest BCUT2D eigenvalue weighted by molar-refractivity contribution is -0.137. The molecule has 0 spiro atoms. The Morgan fingerprint density at radius 1 is 0.895 bits per heavy atom. The fourth-order valence-corrected chi connectivity index (χ4v) is 5.50. The van der Waals surface area contributed by atoms with E-state index in [1.54, 1.807) is 0 Å². The fourth-order valence-electron chi connectivity index (χ4n) is 5.50. The molecule has 38 heavy (non-hydrogen) atoms. The Balaban J connectivity index is 1.10. The minimum Gasteiger partial charge on any atom is -0.492 e. The monoisotopic (exact) mass is 505 g/mol. The standard InChI is InChI=1S/C33H31NO4/c35-33(36)17-29-22-38-32-18-30(11-12-31(29)32)37-21-24-7-4-8-25(15-24)26-9-10-28-20-34(14-13-27(28)16-26)19-23-5-2-1-3-6-23/h1-12,15-16,18,29H,13-14,17,19-22H2,(H,35,36)/t29-/m1/s1. The summed E-state index contributed by atoms with van der Waals surface area (Å²) < 4.78 is 11.8. The van der Waals surface area contributed by atoms with E-state index in [4.69, 9.17) is 14.6 Å². The van der Waals surface area contributed by atoms with Crippen LogP contribution in [0.15, 0.2) is 91.0 Å². The number of benzene rings is 4. The van der Waals surface area contributed by atoms with Gasteiger partial charge in [0.05, 0.1) is 13.0 Å². The molecule has 4 aromatic rings. The molecule has 5 nitrogen and oxygen atoms in total. The molecule has 0 unspecified atom stereocenters. The molecule has 2 aliphatic rings. The molecule has 1 N–H and O–H groups in total. The van der Waals surface area contributed by atoms with Crippen molar-refractivity contribution in [1.82, 2.24) is 4.90 Å². The molecule has 0 bridgehead atoms. The Labute approximate surface area is 223 Å². The summed E-state index contributed by atoms with van der Waals surface area (Å²) in [6.45, 7) is 3.90. The number of hydrogen-bond donors (Lipinski definition) is 1. The van der Waals surface area contributed by atoms with E-state index in [-0.39, 0.29) is 12.3 Å². The summed E-state index contributed by atoms with van der Waals surface area (Å²) in [4.78, 5) is 13.6. The number of nitrogens with zero attached hydrogens (tertiary/aromatic N) is 1. The van der Waals surface area contributed by atoms with Crippen molar-refractivity contribution >= 4 is 5.97 Å². The molecular formula is C33H31NO4. The third-order valence-corrected chi connectivity index (χ3v) is 7.50. The van der Waals surface area contributed by atoms with Crippen LogP contribution in [0.25, 0.3) is 11.1 Å². The molecule has 1 atom stereocenters. The van der Waals surface area contributed by atoms with Crippen LogP contribution in [0.2, 0.25) is 0 Å². The van der Waals surface area contributed by atoms with Crippen LogP contribution in [0.5, 0.6) is 11.5 Å². The van der Waals surface area contributed by atoms with Gasteiger partial charge in [-0.3, -0.25) is 9.69 Å². The maximum Gasteiger partial charge on any atom is 0.304 e. The van der Waals surface area contributed by atoms with Crippen molar-refractivity contribution in [3.63, 3.8) is 0 Å². The highest BCUT2D eigenvalue weighted by molar-refractivity contribution is 5.69. The summed E-state index contributed by atoms with van der Waals surface area (Å²) in [5.41, 5.74) is 8.68. The first-order valence-corrected chi connectivity index (χ1v) is 13.2. The van der Waals surface area contributed by atoms with Gasteiger partial charge in [-0.2, -0.15) is 0 Å². The van der Waals surface area contributed by atoms with Crippen molar-refractivity contribution in [2.75, 3.05) is 13.2 Å². The zero-order chi connectivity index (χ0) is 25.9. The van der Waals surface area contributed by atoms with E-state index < -0.39 is 5.97 Å². The van der Waals surface area contributed by atoms with E-state index in [2.05, 4.69) is 77.7 Å². The van der Waals surface area contributed by atoms with Crippen molar-refractivity contribution in [3.05, 3.63) is 119 Å². The first-order chi connectivity index (χ1) is 18.6. The molecule has 192 valence electrons. The lowest BCUT2D eigenvalue weighted by Crippen LogP contribution is -2.30. The van der Waals surface area contributed by atoms with Crippen LogP contribution in [0, 0.1) is 0 Å². The molecule has 0 saturated heterocycles. The van der Waals surface area contributed by atoms with Crippen LogP contribution in [0.4, 0.5) is 0 Å². The van der Waals surface area contributed by atoms with Crippen LogP contribution in [0.3, 0.4) is 0 Å². The smallest absolute Gasteiger partial charge is 0.304 e. The first-order valence-electron chi connectivity index (χ1n) is 13.2. The van der Waals surface area contributed by atoms with E-state index >= 15 is 0 Å². The van der Waals surface area contributed by atoms with Gasteiger partial charge in [0.1, 0.15) is 18.1 Å². The molecule has 4 aromatic carbocycles. The molecule has 2 heterocycles. The third kappa shape index (κ3) is 5.43. The summed E-state index contributed by atoms with van der Waals surface area (Å²) in [5, 5.41) is 9.11.